The first-order valence-corrected chi connectivity index (χ1v) is 10.3. The van der Waals surface area contributed by atoms with Gasteiger partial charge in [-0.1, -0.05) is 44.2 Å². The minimum Gasteiger partial charge on any atom is -0.480 e. The third-order valence-electron chi connectivity index (χ3n) is 4.11. The number of amides is 2. The fraction of sp³-hybridized carbons (Fsp3) is 0.526. The maximum absolute atomic E-state index is 12.5. The van der Waals surface area contributed by atoms with Crippen LogP contribution in [0.15, 0.2) is 30.3 Å². The number of carbonyl (C=O) groups excluding carboxylic acids is 2. The summed E-state index contributed by atoms with van der Waals surface area (Å²) in [6.45, 7) is 3.57. The lowest BCUT2D eigenvalue weighted by molar-refractivity contribution is -0.142. The van der Waals surface area contributed by atoms with E-state index in [4.69, 9.17) is 5.73 Å². The van der Waals surface area contributed by atoms with Crippen molar-refractivity contribution >= 4 is 29.5 Å². The van der Waals surface area contributed by atoms with Gasteiger partial charge in [-0.3, -0.25) is 9.59 Å². The highest BCUT2D eigenvalue weighted by Gasteiger charge is 2.29. The summed E-state index contributed by atoms with van der Waals surface area (Å²) in [7, 11) is 0. The van der Waals surface area contributed by atoms with Crippen LogP contribution in [-0.2, 0) is 20.8 Å². The average Bonchev–Trinajstić information content (AvgIpc) is 2.62. The molecule has 8 heteroatoms. The molecule has 2 amide bonds. The zero-order valence-electron chi connectivity index (χ0n) is 16.0. The van der Waals surface area contributed by atoms with Crippen LogP contribution in [0.1, 0.15) is 25.8 Å². The maximum Gasteiger partial charge on any atom is 0.326 e. The highest BCUT2D eigenvalue weighted by Crippen LogP contribution is 2.07. The Kier molecular flexibility index (Phi) is 9.88. The molecule has 1 rings (SSSR count). The van der Waals surface area contributed by atoms with Gasteiger partial charge in [0.25, 0.3) is 0 Å². The first-order chi connectivity index (χ1) is 12.8. The summed E-state index contributed by atoms with van der Waals surface area (Å²) in [5.74, 6) is -1.65. The topological polar surface area (TPSA) is 122 Å². The standard InChI is InChI=1S/C19H29N3O4S/c1-12(2)16(18(24)21-15(19(25)26)9-10-27-3)22-17(23)14(20)11-13-7-5-4-6-8-13/h4-8,12,14-16H,9-11,20H2,1-3H3,(H,21,24)(H,22,23)(H,25,26)/t14-,15-,16-/m0/s1. The molecule has 0 bridgehead atoms. The Morgan fingerprint density at radius 1 is 1.11 bits per heavy atom. The van der Waals surface area contributed by atoms with Gasteiger partial charge in [0.15, 0.2) is 0 Å². The third kappa shape index (κ3) is 8.01. The van der Waals surface area contributed by atoms with E-state index in [2.05, 4.69) is 10.6 Å². The number of hydrogen-bond acceptors (Lipinski definition) is 5. The number of rotatable bonds is 11. The molecule has 0 radical (unpaired) electrons. The van der Waals surface area contributed by atoms with E-state index in [1.54, 1.807) is 13.8 Å². The molecular weight excluding hydrogens is 366 g/mol. The van der Waals surface area contributed by atoms with Crippen molar-refractivity contribution in [1.29, 1.82) is 0 Å². The van der Waals surface area contributed by atoms with Gasteiger partial charge in [-0.15, -0.1) is 0 Å². The number of hydrogen-bond donors (Lipinski definition) is 4. The Hall–Kier alpha value is -2.06. The summed E-state index contributed by atoms with van der Waals surface area (Å²) in [6.07, 6.45) is 2.53. The molecule has 0 spiro atoms. The van der Waals surface area contributed by atoms with Crippen molar-refractivity contribution in [2.75, 3.05) is 12.0 Å². The summed E-state index contributed by atoms with van der Waals surface area (Å²) in [4.78, 5) is 36.3. The Balaban J connectivity index is 2.71. The quantitative estimate of drug-likeness (QED) is 0.444. The molecule has 0 aromatic heterocycles. The second kappa shape index (κ2) is 11.6. The van der Waals surface area contributed by atoms with Gasteiger partial charge in [-0.05, 0) is 36.3 Å². The van der Waals surface area contributed by atoms with Crippen LogP contribution in [0.2, 0.25) is 0 Å². The van der Waals surface area contributed by atoms with Crippen molar-refractivity contribution in [3.8, 4) is 0 Å². The van der Waals surface area contributed by atoms with E-state index in [0.717, 1.165) is 5.56 Å². The molecule has 7 nitrogen and oxygen atoms in total. The van der Waals surface area contributed by atoms with E-state index in [0.29, 0.717) is 18.6 Å². The predicted octanol–water partition coefficient (Wildman–Crippen LogP) is 1.02. The number of carbonyl (C=O) groups is 3. The molecule has 0 fully saturated rings. The molecule has 0 aliphatic carbocycles. The number of carboxylic acids is 1. The van der Waals surface area contributed by atoms with E-state index in [-0.39, 0.29) is 5.92 Å². The van der Waals surface area contributed by atoms with Gasteiger partial charge in [0, 0.05) is 0 Å². The van der Waals surface area contributed by atoms with Crippen LogP contribution in [0.4, 0.5) is 0 Å². The average molecular weight is 396 g/mol. The zero-order valence-corrected chi connectivity index (χ0v) is 16.8. The van der Waals surface area contributed by atoms with Crippen LogP contribution in [0.5, 0.6) is 0 Å². The van der Waals surface area contributed by atoms with Gasteiger partial charge >= 0.3 is 5.97 Å². The lowest BCUT2D eigenvalue weighted by atomic mass is 10.0. The van der Waals surface area contributed by atoms with Crippen molar-refractivity contribution in [2.24, 2.45) is 11.7 Å². The Labute approximate surface area is 164 Å². The molecular formula is C19H29N3O4S. The minimum atomic E-state index is -1.09. The lowest BCUT2D eigenvalue weighted by Gasteiger charge is -2.25. The Bertz CT molecular complexity index is 625. The van der Waals surface area contributed by atoms with Crippen molar-refractivity contribution < 1.29 is 19.5 Å². The molecule has 3 atom stereocenters. The van der Waals surface area contributed by atoms with Crippen LogP contribution in [-0.4, -0.2) is 53.0 Å². The van der Waals surface area contributed by atoms with Gasteiger partial charge in [-0.2, -0.15) is 11.8 Å². The van der Waals surface area contributed by atoms with E-state index in [9.17, 15) is 19.5 Å². The molecule has 0 saturated carbocycles. The maximum atomic E-state index is 12.5. The van der Waals surface area contributed by atoms with Crippen LogP contribution >= 0.6 is 11.8 Å². The number of nitrogens with two attached hydrogens (primary N) is 1. The molecule has 0 aliphatic rings. The second-order valence-corrected chi connectivity index (χ2v) is 7.69. The van der Waals surface area contributed by atoms with Crippen molar-refractivity contribution in [1.82, 2.24) is 10.6 Å². The van der Waals surface area contributed by atoms with Crippen LogP contribution in [0, 0.1) is 5.92 Å². The normalized spacial score (nSPS) is 14.3. The van der Waals surface area contributed by atoms with Crippen LogP contribution in [0.25, 0.3) is 0 Å². The molecule has 0 aliphatic heterocycles. The summed E-state index contributed by atoms with van der Waals surface area (Å²) in [5.41, 5.74) is 6.90. The molecule has 1 aromatic rings. The fourth-order valence-corrected chi connectivity index (χ4v) is 2.98. The highest BCUT2D eigenvalue weighted by atomic mass is 32.2. The lowest BCUT2D eigenvalue weighted by Crippen LogP contribution is -2.56. The molecule has 0 heterocycles. The first kappa shape index (κ1) is 23.0. The highest BCUT2D eigenvalue weighted by molar-refractivity contribution is 7.98. The van der Waals surface area contributed by atoms with E-state index in [1.807, 2.05) is 36.6 Å². The van der Waals surface area contributed by atoms with Gasteiger partial charge < -0.3 is 21.5 Å². The third-order valence-corrected chi connectivity index (χ3v) is 4.75. The van der Waals surface area contributed by atoms with Crippen LogP contribution < -0.4 is 16.4 Å². The van der Waals surface area contributed by atoms with E-state index < -0.39 is 35.9 Å². The molecule has 0 unspecified atom stereocenters. The summed E-state index contributed by atoms with van der Waals surface area (Å²) in [5, 5.41) is 14.5. The Morgan fingerprint density at radius 3 is 2.26 bits per heavy atom. The molecule has 27 heavy (non-hydrogen) atoms. The second-order valence-electron chi connectivity index (χ2n) is 6.71. The van der Waals surface area contributed by atoms with Crippen molar-refractivity contribution in [2.45, 2.75) is 44.8 Å². The van der Waals surface area contributed by atoms with Gasteiger partial charge in [0.1, 0.15) is 12.1 Å². The van der Waals surface area contributed by atoms with Crippen molar-refractivity contribution in [3.05, 3.63) is 35.9 Å². The largest absolute Gasteiger partial charge is 0.480 e. The Morgan fingerprint density at radius 2 is 1.74 bits per heavy atom. The number of benzene rings is 1. The molecule has 5 N–H and O–H groups in total. The number of thioether (sulfide) groups is 1. The van der Waals surface area contributed by atoms with E-state index in [1.165, 1.54) is 11.8 Å². The van der Waals surface area contributed by atoms with E-state index >= 15 is 0 Å². The number of aliphatic carboxylic acids is 1. The summed E-state index contributed by atoms with van der Waals surface area (Å²) in [6, 6.07) is 6.73. The molecule has 1 aromatic carbocycles. The van der Waals surface area contributed by atoms with Crippen LogP contribution in [0.3, 0.4) is 0 Å². The minimum absolute atomic E-state index is 0.215. The zero-order chi connectivity index (χ0) is 20.4. The summed E-state index contributed by atoms with van der Waals surface area (Å²) < 4.78 is 0. The fourth-order valence-electron chi connectivity index (χ4n) is 2.51. The van der Waals surface area contributed by atoms with Gasteiger partial charge in [0.2, 0.25) is 11.8 Å². The monoisotopic (exact) mass is 395 g/mol. The van der Waals surface area contributed by atoms with Gasteiger partial charge in [-0.25, -0.2) is 4.79 Å². The van der Waals surface area contributed by atoms with Gasteiger partial charge in [0.05, 0.1) is 6.04 Å². The smallest absolute Gasteiger partial charge is 0.326 e. The predicted molar refractivity (Wildman–Crippen MR) is 107 cm³/mol. The number of nitrogens with one attached hydrogen (secondary N) is 2. The SMILES string of the molecule is CSCC[C@H](NC(=O)[C@@H](NC(=O)[C@@H](N)Cc1ccccc1)C(C)C)C(=O)O. The molecule has 150 valence electrons. The first-order valence-electron chi connectivity index (χ1n) is 8.88. The summed E-state index contributed by atoms with van der Waals surface area (Å²) >= 11 is 1.50. The van der Waals surface area contributed by atoms with Crippen molar-refractivity contribution in [3.63, 3.8) is 0 Å². The number of carboxylic acid groups (broad SMARTS) is 1. The molecule has 0 saturated heterocycles.